The van der Waals surface area contributed by atoms with E-state index in [0.717, 1.165) is 24.9 Å². The summed E-state index contributed by atoms with van der Waals surface area (Å²) in [4.78, 5) is 0. The van der Waals surface area contributed by atoms with Crippen LogP contribution >= 0.6 is 0 Å². The van der Waals surface area contributed by atoms with Crippen molar-refractivity contribution in [1.29, 1.82) is 0 Å². The van der Waals surface area contributed by atoms with E-state index in [1.54, 1.807) is 19.1 Å². The number of oxime groups is 1. The van der Waals surface area contributed by atoms with E-state index in [1.807, 2.05) is 13.0 Å². The van der Waals surface area contributed by atoms with E-state index < -0.39 is 0 Å². The number of rotatable bonds is 7. The van der Waals surface area contributed by atoms with E-state index in [-0.39, 0.29) is 17.7 Å². The highest BCUT2D eigenvalue weighted by atomic mass is 19.1. The minimum Gasteiger partial charge on any atom is -0.409 e. The maximum Gasteiger partial charge on any atom is 0.139 e. The Morgan fingerprint density at radius 2 is 2.21 bits per heavy atom. The molecular weight excluding hydrogens is 245 g/mol. The predicted octanol–water partition coefficient (Wildman–Crippen LogP) is 2.70. The molecule has 1 unspecified atom stereocenters. The molecule has 0 heterocycles. The van der Waals surface area contributed by atoms with Gasteiger partial charge in [0.1, 0.15) is 11.7 Å². The molecule has 1 aromatic carbocycles. The van der Waals surface area contributed by atoms with Crippen LogP contribution in [0.3, 0.4) is 0 Å². The number of aryl methyl sites for hydroxylation is 1. The van der Waals surface area contributed by atoms with Crippen molar-refractivity contribution in [3.8, 4) is 0 Å². The van der Waals surface area contributed by atoms with Crippen LogP contribution in [-0.2, 0) is 0 Å². The molecule has 19 heavy (non-hydrogen) atoms. The molecule has 0 bridgehead atoms. The van der Waals surface area contributed by atoms with Crippen LogP contribution in [0.25, 0.3) is 0 Å². The molecule has 1 aromatic rings. The van der Waals surface area contributed by atoms with Crippen LogP contribution in [0.1, 0.15) is 43.4 Å². The minimum absolute atomic E-state index is 0.110. The van der Waals surface area contributed by atoms with E-state index in [4.69, 9.17) is 10.9 Å². The molecule has 0 amide bonds. The zero-order valence-electron chi connectivity index (χ0n) is 11.5. The highest BCUT2D eigenvalue weighted by Crippen LogP contribution is 2.16. The number of hydrogen-bond acceptors (Lipinski definition) is 3. The van der Waals surface area contributed by atoms with Gasteiger partial charge in [0, 0.05) is 12.5 Å². The number of nitrogens with zero attached hydrogens (tertiary/aromatic N) is 1. The second-order valence-electron chi connectivity index (χ2n) is 4.73. The van der Waals surface area contributed by atoms with Gasteiger partial charge in [0.2, 0.25) is 0 Å². The number of benzene rings is 1. The summed E-state index contributed by atoms with van der Waals surface area (Å²) in [5.74, 6) is 0.0896. The lowest BCUT2D eigenvalue weighted by atomic mass is 10.1. The van der Waals surface area contributed by atoms with Crippen LogP contribution in [0, 0.1) is 12.7 Å². The van der Waals surface area contributed by atoms with Gasteiger partial charge in [-0.3, -0.25) is 0 Å². The van der Waals surface area contributed by atoms with E-state index >= 15 is 0 Å². The van der Waals surface area contributed by atoms with Crippen LogP contribution in [0.4, 0.5) is 4.39 Å². The average Bonchev–Trinajstić information content (AvgIpc) is 2.40. The van der Waals surface area contributed by atoms with Crippen LogP contribution in [0.15, 0.2) is 23.4 Å². The highest BCUT2D eigenvalue weighted by Gasteiger charge is 2.06. The van der Waals surface area contributed by atoms with Gasteiger partial charge in [0.05, 0.1) is 0 Å². The number of nitrogens with one attached hydrogen (secondary N) is 1. The molecule has 0 aliphatic rings. The Labute approximate surface area is 113 Å². The predicted molar refractivity (Wildman–Crippen MR) is 74.8 cm³/mol. The molecule has 5 heteroatoms. The van der Waals surface area contributed by atoms with Gasteiger partial charge in [-0.05, 0) is 50.4 Å². The summed E-state index contributed by atoms with van der Waals surface area (Å²) < 4.78 is 13.4. The average molecular weight is 267 g/mol. The topological polar surface area (TPSA) is 70.6 Å². The SMILES string of the molecule is Cc1ccc(C(C)NCCCCC(N)=NO)cc1F. The van der Waals surface area contributed by atoms with Crippen molar-refractivity contribution in [3.63, 3.8) is 0 Å². The quantitative estimate of drug-likeness (QED) is 0.234. The van der Waals surface area contributed by atoms with Crippen molar-refractivity contribution in [2.24, 2.45) is 10.9 Å². The first-order chi connectivity index (χ1) is 9.04. The first kappa shape index (κ1) is 15.4. The molecule has 0 aliphatic carbocycles. The standard InChI is InChI=1S/C14H22FN3O/c1-10-6-7-12(9-13(10)15)11(2)17-8-4-3-5-14(16)18-19/h6-7,9,11,17,19H,3-5,8H2,1-2H3,(H2,16,18). The highest BCUT2D eigenvalue weighted by molar-refractivity contribution is 5.79. The van der Waals surface area contributed by atoms with Crippen molar-refractivity contribution in [2.45, 2.75) is 39.2 Å². The largest absolute Gasteiger partial charge is 0.409 e. The monoisotopic (exact) mass is 267 g/mol. The molecule has 4 N–H and O–H groups in total. The fourth-order valence-electron chi connectivity index (χ4n) is 1.80. The van der Waals surface area contributed by atoms with Crippen LogP contribution in [0.2, 0.25) is 0 Å². The molecule has 0 saturated carbocycles. The fourth-order valence-corrected chi connectivity index (χ4v) is 1.80. The maximum atomic E-state index is 13.4. The Morgan fingerprint density at radius 3 is 2.84 bits per heavy atom. The number of amidine groups is 1. The van der Waals surface area contributed by atoms with Gasteiger partial charge < -0.3 is 16.3 Å². The first-order valence-corrected chi connectivity index (χ1v) is 6.50. The van der Waals surface area contributed by atoms with Gasteiger partial charge in [0.15, 0.2) is 0 Å². The van der Waals surface area contributed by atoms with Crippen molar-refractivity contribution in [2.75, 3.05) is 6.54 Å². The molecular formula is C14H22FN3O. The molecule has 0 aromatic heterocycles. The second-order valence-corrected chi connectivity index (χ2v) is 4.73. The van der Waals surface area contributed by atoms with E-state index in [0.29, 0.717) is 12.0 Å². The molecule has 0 radical (unpaired) electrons. The Kier molecular flexibility index (Phi) is 6.29. The van der Waals surface area contributed by atoms with E-state index in [1.165, 1.54) is 0 Å². The smallest absolute Gasteiger partial charge is 0.139 e. The van der Waals surface area contributed by atoms with Crippen LogP contribution < -0.4 is 11.1 Å². The zero-order valence-corrected chi connectivity index (χ0v) is 11.5. The lowest BCUT2D eigenvalue weighted by Gasteiger charge is -2.14. The Bertz CT molecular complexity index is 435. The van der Waals surface area contributed by atoms with E-state index in [2.05, 4.69) is 10.5 Å². The number of nitrogens with two attached hydrogens (primary N) is 1. The third-order valence-corrected chi connectivity index (χ3v) is 3.13. The Hall–Kier alpha value is -1.62. The summed E-state index contributed by atoms with van der Waals surface area (Å²) in [6.07, 6.45) is 2.37. The lowest BCUT2D eigenvalue weighted by molar-refractivity contribution is 0.316. The maximum absolute atomic E-state index is 13.4. The molecule has 1 rings (SSSR count). The number of halogens is 1. The molecule has 0 fully saturated rings. The third-order valence-electron chi connectivity index (χ3n) is 3.13. The van der Waals surface area contributed by atoms with Gasteiger partial charge in [0.25, 0.3) is 0 Å². The van der Waals surface area contributed by atoms with Crippen molar-refractivity contribution >= 4 is 5.84 Å². The summed E-state index contributed by atoms with van der Waals surface area (Å²) in [6, 6.07) is 5.41. The number of unbranched alkanes of at least 4 members (excludes halogenated alkanes) is 1. The van der Waals surface area contributed by atoms with Gasteiger partial charge >= 0.3 is 0 Å². The summed E-state index contributed by atoms with van der Waals surface area (Å²) >= 11 is 0. The van der Waals surface area contributed by atoms with Crippen molar-refractivity contribution in [1.82, 2.24) is 5.32 Å². The third kappa shape index (κ3) is 5.26. The minimum atomic E-state index is -0.168. The molecule has 106 valence electrons. The normalized spacial score (nSPS) is 13.5. The van der Waals surface area contributed by atoms with Crippen LogP contribution in [0.5, 0.6) is 0 Å². The van der Waals surface area contributed by atoms with Crippen molar-refractivity contribution in [3.05, 3.63) is 35.1 Å². The van der Waals surface area contributed by atoms with Gasteiger partial charge in [-0.25, -0.2) is 4.39 Å². The van der Waals surface area contributed by atoms with Crippen LogP contribution in [-0.4, -0.2) is 17.6 Å². The summed E-state index contributed by atoms with van der Waals surface area (Å²) in [6.45, 7) is 4.58. The summed E-state index contributed by atoms with van der Waals surface area (Å²) in [5, 5.41) is 14.6. The molecule has 1 atom stereocenters. The Morgan fingerprint density at radius 1 is 1.47 bits per heavy atom. The molecule has 0 saturated heterocycles. The van der Waals surface area contributed by atoms with E-state index in [9.17, 15) is 4.39 Å². The summed E-state index contributed by atoms with van der Waals surface area (Å²) in [7, 11) is 0. The first-order valence-electron chi connectivity index (χ1n) is 6.50. The van der Waals surface area contributed by atoms with Crippen molar-refractivity contribution < 1.29 is 9.60 Å². The molecule has 0 aliphatic heterocycles. The fraction of sp³-hybridized carbons (Fsp3) is 0.500. The number of hydrogen-bond donors (Lipinski definition) is 3. The van der Waals surface area contributed by atoms with Gasteiger partial charge in [-0.15, -0.1) is 0 Å². The molecule has 0 spiro atoms. The van der Waals surface area contributed by atoms with Gasteiger partial charge in [-0.2, -0.15) is 0 Å². The second kappa shape index (κ2) is 7.74. The zero-order chi connectivity index (χ0) is 14.3. The van der Waals surface area contributed by atoms with Gasteiger partial charge in [-0.1, -0.05) is 17.3 Å². The Balaban J connectivity index is 2.31. The molecule has 4 nitrogen and oxygen atoms in total. The summed E-state index contributed by atoms with van der Waals surface area (Å²) in [5.41, 5.74) is 6.98. The lowest BCUT2D eigenvalue weighted by Crippen LogP contribution is -2.20.